The monoisotopic (exact) mass is 467 g/mol. The molecule has 3 aromatic rings. The zero-order valence-corrected chi connectivity index (χ0v) is 18.4. The number of hydrogen-bond acceptors (Lipinski definition) is 2. The second kappa shape index (κ2) is 8.80. The van der Waals surface area contributed by atoms with Crippen molar-refractivity contribution in [3.63, 3.8) is 0 Å². The Morgan fingerprint density at radius 1 is 1.10 bits per heavy atom. The Labute approximate surface area is 187 Å². The smallest absolute Gasteiger partial charge is 0.341 e. The molecule has 0 saturated heterocycles. The van der Waals surface area contributed by atoms with E-state index in [4.69, 9.17) is 34.8 Å². The Morgan fingerprint density at radius 2 is 1.80 bits per heavy atom. The molecule has 0 amide bonds. The molecule has 8 heteroatoms. The number of carbonyl (C=O) groups is 1. The SMILES string of the molecule is CCc1c(-c2ccc(Cl)c(Cl)c2)c(C(=O)O)c(=O)n(Cc2ccc(Cl)cc2F)c1C. The minimum Gasteiger partial charge on any atom is -0.477 e. The van der Waals surface area contributed by atoms with Gasteiger partial charge in [-0.15, -0.1) is 0 Å². The van der Waals surface area contributed by atoms with Gasteiger partial charge < -0.3 is 9.67 Å². The van der Waals surface area contributed by atoms with Crippen molar-refractivity contribution in [3.05, 3.63) is 90.0 Å². The number of aromatic carboxylic acids is 1. The molecule has 0 atom stereocenters. The van der Waals surface area contributed by atoms with Gasteiger partial charge in [0, 0.05) is 21.8 Å². The number of hydrogen-bond donors (Lipinski definition) is 1. The molecule has 30 heavy (non-hydrogen) atoms. The molecule has 4 nitrogen and oxygen atoms in total. The van der Waals surface area contributed by atoms with Crippen LogP contribution in [-0.4, -0.2) is 15.6 Å². The van der Waals surface area contributed by atoms with Crippen LogP contribution in [0, 0.1) is 12.7 Å². The van der Waals surface area contributed by atoms with Crippen LogP contribution in [0.15, 0.2) is 41.2 Å². The van der Waals surface area contributed by atoms with Crippen LogP contribution < -0.4 is 5.56 Å². The van der Waals surface area contributed by atoms with Crippen molar-refractivity contribution in [3.8, 4) is 11.1 Å². The maximum Gasteiger partial charge on any atom is 0.341 e. The van der Waals surface area contributed by atoms with Crippen molar-refractivity contribution >= 4 is 40.8 Å². The third-order valence-corrected chi connectivity index (χ3v) is 5.95. The zero-order valence-electron chi connectivity index (χ0n) is 16.1. The first-order valence-electron chi connectivity index (χ1n) is 9.04. The molecule has 0 fully saturated rings. The molecule has 0 spiro atoms. The van der Waals surface area contributed by atoms with Gasteiger partial charge in [-0.25, -0.2) is 9.18 Å². The summed E-state index contributed by atoms with van der Waals surface area (Å²) in [5.41, 5.74) is 1.06. The average Bonchev–Trinajstić information content (AvgIpc) is 2.68. The molecule has 0 bridgehead atoms. The maximum absolute atomic E-state index is 14.3. The molecule has 2 aromatic carbocycles. The Bertz CT molecular complexity index is 1220. The molecule has 3 rings (SSSR count). The molecule has 156 valence electrons. The van der Waals surface area contributed by atoms with Gasteiger partial charge in [0.25, 0.3) is 5.56 Å². The van der Waals surface area contributed by atoms with Crippen LogP contribution in [0.5, 0.6) is 0 Å². The van der Waals surface area contributed by atoms with Crippen LogP contribution in [0.25, 0.3) is 11.1 Å². The highest BCUT2D eigenvalue weighted by atomic mass is 35.5. The molecule has 0 saturated carbocycles. The minimum absolute atomic E-state index is 0.122. The van der Waals surface area contributed by atoms with Gasteiger partial charge in [0.1, 0.15) is 11.4 Å². The second-order valence-electron chi connectivity index (χ2n) is 6.73. The first-order valence-corrected chi connectivity index (χ1v) is 10.2. The largest absolute Gasteiger partial charge is 0.477 e. The number of benzene rings is 2. The third-order valence-electron chi connectivity index (χ3n) is 4.97. The summed E-state index contributed by atoms with van der Waals surface area (Å²) in [7, 11) is 0. The molecule has 0 radical (unpaired) electrons. The Kier molecular flexibility index (Phi) is 6.56. The average molecular weight is 469 g/mol. The van der Waals surface area contributed by atoms with Crippen molar-refractivity contribution < 1.29 is 14.3 Å². The van der Waals surface area contributed by atoms with E-state index in [2.05, 4.69) is 0 Å². The van der Waals surface area contributed by atoms with Crippen LogP contribution in [0.2, 0.25) is 15.1 Å². The van der Waals surface area contributed by atoms with Crippen LogP contribution in [0.4, 0.5) is 4.39 Å². The first-order chi connectivity index (χ1) is 14.1. The quantitative estimate of drug-likeness (QED) is 0.483. The Balaban J connectivity index is 2.32. The topological polar surface area (TPSA) is 59.3 Å². The first kappa shape index (κ1) is 22.3. The zero-order chi connectivity index (χ0) is 22.2. The van der Waals surface area contributed by atoms with E-state index in [-0.39, 0.29) is 22.2 Å². The van der Waals surface area contributed by atoms with Gasteiger partial charge in [0.05, 0.1) is 16.6 Å². The summed E-state index contributed by atoms with van der Waals surface area (Å²) < 4.78 is 15.6. The number of rotatable bonds is 5. The predicted molar refractivity (Wildman–Crippen MR) is 118 cm³/mol. The lowest BCUT2D eigenvalue weighted by Gasteiger charge is -2.20. The number of pyridine rings is 1. The fourth-order valence-electron chi connectivity index (χ4n) is 3.50. The fraction of sp³-hybridized carbons (Fsp3) is 0.182. The fourth-order valence-corrected chi connectivity index (χ4v) is 3.96. The summed E-state index contributed by atoms with van der Waals surface area (Å²) in [6, 6.07) is 8.85. The van der Waals surface area contributed by atoms with Gasteiger partial charge in [-0.3, -0.25) is 4.79 Å². The van der Waals surface area contributed by atoms with Gasteiger partial charge in [0.2, 0.25) is 0 Å². The van der Waals surface area contributed by atoms with Crippen molar-refractivity contribution in [2.45, 2.75) is 26.8 Å². The lowest BCUT2D eigenvalue weighted by Crippen LogP contribution is -2.31. The van der Waals surface area contributed by atoms with E-state index in [0.717, 1.165) is 6.07 Å². The number of aromatic nitrogens is 1. The number of carboxylic acid groups (broad SMARTS) is 1. The molecule has 0 unspecified atom stereocenters. The molecular formula is C22H17Cl3FNO3. The molecule has 1 aromatic heterocycles. The summed E-state index contributed by atoms with van der Waals surface area (Å²) in [5.74, 6) is -1.95. The number of carboxylic acids is 1. The van der Waals surface area contributed by atoms with E-state index < -0.39 is 22.9 Å². The highest BCUT2D eigenvalue weighted by Crippen LogP contribution is 2.33. The highest BCUT2D eigenvalue weighted by Gasteiger charge is 2.25. The van der Waals surface area contributed by atoms with Gasteiger partial charge >= 0.3 is 5.97 Å². The van der Waals surface area contributed by atoms with E-state index in [1.807, 2.05) is 6.92 Å². The standard InChI is InChI=1S/C22H17Cl3FNO3/c1-3-15-11(2)27(10-13-4-6-14(23)9-18(13)26)21(28)20(22(29)30)19(15)12-5-7-16(24)17(25)8-12/h4-9H,3,10H2,1-2H3,(H,29,30). The molecule has 0 aliphatic rings. The van der Waals surface area contributed by atoms with E-state index in [1.165, 1.54) is 22.8 Å². The van der Waals surface area contributed by atoms with Gasteiger partial charge in [0.15, 0.2) is 0 Å². The third kappa shape index (κ3) is 4.10. The Morgan fingerprint density at radius 3 is 2.37 bits per heavy atom. The molecule has 0 aliphatic heterocycles. The van der Waals surface area contributed by atoms with E-state index in [1.54, 1.807) is 19.1 Å². The predicted octanol–water partition coefficient (Wildman–Crippen LogP) is 6.23. The Hall–Kier alpha value is -2.34. The van der Waals surface area contributed by atoms with Crippen LogP contribution in [0.1, 0.15) is 34.1 Å². The van der Waals surface area contributed by atoms with Gasteiger partial charge in [-0.05, 0) is 48.7 Å². The van der Waals surface area contributed by atoms with E-state index in [9.17, 15) is 19.1 Å². The minimum atomic E-state index is -1.37. The second-order valence-corrected chi connectivity index (χ2v) is 7.98. The van der Waals surface area contributed by atoms with E-state index >= 15 is 0 Å². The maximum atomic E-state index is 14.3. The van der Waals surface area contributed by atoms with Gasteiger partial charge in [-0.1, -0.05) is 53.9 Å². The summed E-state index contributed by atoms with van der Waals surface area (Å²) in [4.78, 5) is 25.3. The lowest BCUT2D eigenvalue weighted by molar-refractivity contribution is 0.0695. The number of halogens is 4. The van der Waals surface area contributed by atoms with Crippen LogP contribution in [0.3, 0.4) is 0 Å². The molecule has 1 N–H and O–H groups in total. The summed E-state index contributed by atoms with van der Waals surface area (Å²) in [6.07, 6.45) is 0.449. The van der Waals surface area contributed by atoms with Crippen molar-refractivity contribution in [1.82, 2.24) is 4.57 Å². The molecular weight excluding hydrogens is 452 g/mol. The summed E-state index contributed by atoms with van der Waals surface area (Å²) in [5, 5.41) is 10.7. The molecule has 0 aliphatic carbocycles. The van der Waals surface area contributed by atoms with Crippen LogP contribution >= 0.6 is 34.8 Å². The summed E-state index contributed by atoms with van der Waals surface area (Å²) >= 11 is 17.9. The highest BCUT2D eigenvalue weighted by molar-refractivity contribution is 6.42. The van der Waals surface area contributed by atoms with Gasteiger partial charge in [-0.2, -0.15) is 0 Å². The molecule has 1 heterocycles. The van der Waals surface area contributed by atoms with Crippen molar-refractivity contribution in [2.24, 2.45) is 0 Å². The summed E-state index contributed by atoms with van der Waals surface area (Å²) in [6.45, 7) is 3.44. The lowest BCUT2D eigenvalue weighted by atomic mass is 9.92. The normalized spacial score (nSPS) is 11.0. The number of nitrogens with zero attached hydrogens (tertiary/aromatic N) is 1. The van der Waals surface area contributed by atoms with E-state index in [0.29, 0.717) is 33.8 Å². The van der Waals surface area contributed by atoms with Crippen molar-refractivity contribution in [1.29, 1.82) is 0 Å². The van der Waals surface area contributed by atoms with Crippen molar-refractivity contribution in [2.75, 3.05) is 0 Å². The van der Waals surface area contributed by atoms with Crippen LogP contribution in [-0.2, 0) is 13.0 Å².